The average Bonchev–Trinajstić information content (AvgIpc) is 3.02. The smallest absolute Gasteiger partial charge is 0.254 e. The number of rotatable bonds is 4. The zero-order valence-electron chi connectivity index (χ0n) is 16.3. The number of anilines is 1. The minimum Gasteiger partial charge on any atom is -0.493 e. The van der Waals surface area contributed by atoms with Gasteiger partial charge in [-0.15, -0.1) is 0 Å². The molecule has 146 valence electrons. The normalized spacial score (nSPS) is 15.8. The number of aryl methyl sites for hydroxylation is 1. The SMILES string of the molecule is Cc1nc2c(NC3CCOc4ccccc43)cc(C(=O)N(C)C)cn2c1CO. The van der Waals surface area contributed by atoms with Crippen molar-refractivity contribution in [1.29, 1.82) is 0 Å². The molecule has 0 radical (unpaired) electrons. The highest BCUT2D eigenvalue weighted by atomic mass is 16.5. The highest BCUT2D eigenvalue weighted by Crippen LogP contribution is 2.35. The topological polar surface area (TPSA) is 79.1 Å². The highest BCUT2D eigenvalue weighted by molar-refractivity contribution is 5.95. The first kappa shape index (κ1) is 18.3. The third kappa shape index (κ3) is 3.07. The predicted octanol–water partition coefficient (Wildman–Crippen LogP) is 2.77. The third-order valence-electron chi connectivity index (χ3n) is 5.11. The zero-order chi connectivity index (χ0) is 19.8. The van der Waals surface area contributed by atoms with Crippen LogP contribution in [0, 0.1) is 6.92 Å². The van der Waals surface area contributed by atoms with E-state index in [9.17, 15) is 9.90 Å². The fraction of sp³-hybridized carbons (Fsp3) is 0.333. The molecule has 0 saturated heterocycles. The van der Waals surface area contributed by atoms with Crippen LogP contribution < -0.4 is 10.1 Å². The van der Waals surface area contributed by atoms with Crippen molar-refractivity contribution in [2.24, 2.45) is 0 Å². The van der Waals surface area contributed by atoms with Gasteiger partial charge in [0.05, 0.1) is 41.9 Å². The number of nitrogens with zero attached hydrogens (tertiary/aromatic N) is 3. The van der Waals surface area contributed by atoms with E-state index in [1.54, 1.807) is 24.7 Å². The molecule has 2 aromatic heterocycles. The van der Waals surface area contributed by atoms with Crippen LogP contribution in [-0.4, -0.2) is 46.0 Å². The molecule has 1 unspecified atom stereocenters. The van der Waals surface area contributed by atoms with Gasteiger partial charge in [0.1, 0.15) is 5.75 Å². The Morgan fingerprint density at radius 3 is 2.93 bits per heavy atom. The van der Waals surface area contributed by atoms with Crippen LogP contribution in [-0.2, 0) is 6.61 Å². The lowest BCUT2D eigenvalue weighted by molar-refractivity contribution is 0.0827. The number of carbonyl (C=O) groups is 1. The summed E-state index contributed by atoms with van der Waals surface area (Å²) in [6.07, 6.45) is 2.55. The molecule has 1 atom stereocenters. The molecule has 7 nitrogen and oxygen atoms in total. The summed E-state index contributed by atoms with van der Waals surface area (Å²) in [6, 6.07) is 9.86. The van der Waals surface area contributed by atoms with Crippen LogP contribution in [0.5, 0.6) is 5.75 Å². The molecule has 4 rings (SSSR count). The van der Waals surface area contributed by atoms with Gasteiger partial charge in [0, 0.05) is 32.3 Å². The molecule has 1 aromatic carbocycles. The van der Waals surface area contributed by atoms with Crippen molar-refractivity contribution in [1.82, 2.24) is 14.3 Å². The van der Waals surface area contributed by atoms with Gasteiger partial charge in [-0.3, -0.25) is 9.20 Å². The lowest BCUT2D eigenvalue weighted by atomic mass is 10.0. The highest BCUT2D eigenvalue weighted by Gasteiger charge is 2.24. The van der Waals surface area contributed by atoms with Crippen LogP contribution in [0.4, 0.5) is 5.69 Å². The van der Waals surface area contributed by atoms with Crippen molar-refractivity contribution in [2.75, 3.05) is 26.0 Å². The standard InChI is InChI=1S/C21H24N4O3/c1-13-18(12-26)25-11-14(21(27)24(2)3)10-17(20(25)22-13)23-16-8-9-28-19-7-5-4-6-15(16)19/h4-7,10-11,16,23,26H,8-9,12H2,1-3H3. The quantitative estimate of drug-likeness (QED) is 0.728. The first-order valence-corrected chi connectivity index (χ1v) is 9.32. The van der Waals surface area contributed by atoms with Gasteiger partial charge in [0.25, 0.3) is 5.91 Å². The zero-order valence-corrected chi connectivity index (χ0v) is 16.3. The summed E-state index contributed by atoms with van der Waals surface area (Å²) in [7, 11) is 3.45. The summed E-state index contributed by atoms with van der Waals surface area (Å²) >= 11 is 0. The number of para-hydroxylation sites is 1. The van der Waals surface area contributed by atoms with Crippen molar-refractivity contribution < 1.29 is 14.6 Å². The van der Waals surface area contributed by atoms with Crippen molar-refractivity contribution in [2.45, 2.75) is 26.0 Å². The van der Waals surface area contributed by atoms with Crippen molar-refractivity contribution in [3.63, 3.8) is 0 Å². The number of imidazole rings is 1. The van der Waals surface area contributed by atoms with E-state index in [1.807, 2.05) is 37.3 Å². The molecule has 0 saturated carbocycles. The van der Waals surface area contributed by atoms with Crippen LogP contribution in [0.25, 0.3) is 5.65 Å². The number of aliphatic hydroxyl groups is 1. The molecule has 1 aliphatic rings. The van der Waals surface area contributed by atoms with E-state index in [0.717, 1.165) is 29.1 Å². The molecule has 7 heteroatoms. The van der Waals surface area contributed by atoms with Gasteiger partial charge in [-0.1, -0.05) is 18.2 Å². The van der Waals surface area contributed by atoms with Crippen LogP contribution in [0.3, 0.4) is 0 Å². The molecule has 0 bridgehead atoms. The van der Waals surface area contributed by atoms with Gasteiger partial charge in [0.15, 0.2) is 5.65 Å². The Morgan fingerprint density at radius 2 is 2.18 bits per heavy atom. The first-order valence-electron chi connectivity index (χ1n) is 9.32. The van der Waals surface area contributed by atoms with Gasteiger partial charge in [-0.2, -0.15) is 0 Å². The van der Waals surface area contributed by atoms with Gasteiger partial charge in [-0.25, -0.2) is 4.98 Å². The number of ether oxygens (including phenoxy) is 1. The minimum absolute atomic E-state index is 0.0491. The van der Waals surface area contributed by atoms with Gasteiger partial charge >= 0.3 is 0 Å². The summed E-state index contributed by atoms with van der Waals surface area (Å²) in [5, 5.41) is 13.4. The maximum atomic E-state index is 12.6. The molecule has 1 aliphatic heterocycles. The summed E-state index contributed by atoms with van der Waals surface area (Å²) < 4.78 is 7.56. The molecular formula is C21H24N4O3. The number of benzene rings is 1. The van der Waals surface area contributed by atoms with E-state index >= 15 is 0 Å². The maximum Gasteiger partial charge on any atom is 0.254 e. The van der Waals surface area contributed by atoms with Gasteiger partial charge in [0.2, 0.25) is 0 Å². The number of hydrogen-bond donors (Lipinski definition) is 2. The average molecular weight is 380 g/mol. The molecule has 28 heavy (non-hydrogen) atoms. The number of fused-ring (bicyclic) bond motifs is 2. The van der Waals surface area contributed by atoms with Crippen molar-refractivity contribution in [3.05, 3.63) is 59.0 Å². The van der Waals surface area contributed by atoms with Gasteiger partial charge in [-0.05, 0) is 19.1 Å². The number of amides is 1. The Hall–Kier alpha value is -3.06. The van der Waals surface area contributed by atoms with E-state index in [2.05, 4.69) is 10.3 Å². The maximum absolute atomic E-state index is 12.6. The summed E-state index contributed by atoms with van der Waals surface area (Å²) in [6.45, 7) is 2.34. The molecule has 2 N–H and O–H groups in total. The van der Waals surface area contributed by atoms with E-state index in [-0.39, 0.29) is 18.6 Å². The Bertz CT molecular complexity index is 1040. The molecule has 1 amide bonds. The molecule has 0 aliphatic carbocycles. The second-order valence-electron chi connectivity index (χ2n) is 7.21. The first-order chi connectivity index (χ1) is 13.5. The number of aliphatic hydroxyl groups excluding tert-OH is 1. The molecular weight excluding hydrogens is 356 g/mol. The predicted molar refractivity (Wildman–Crippen MR) is 107 cm³/mol. The van der Waals surface area contributed by atoms with Crippen molar-refractivity contribution >= 4 is 17.2 Å². The van der Waals surface area contributed by atoms with Gasteiger partial charge < -0.3 is 20.1 Å². The second-order valence-corrected chi connectivity index (χ2v) is 7.21. The van der Waals surface area contributed by atoms with E-state index in [1.165, 1.54) is 4.90 Å². The monoisotopic (exact) mass is 380 g/mol. The Balaban J connectivity index is 1.83. The summed E-state index contributed by atoms with van der Waals surface area (Å²) in [4.78, 5) is 18.8. The second kappa shape index (κ2) is 7.16. The van der Waals surface area contributed by atoms with Crippen LogP contribution in [0.15, 0.2) is 36.5 Å². The molecule has 0 fully saturated rings. The van der Waals surface area contributed by atoms with Crippen molar-refractivity contribution in [3.8, 4) is 5.75 Å². The largest absolute Gasteiger partial charge is 0.493 e. The number of hydrogen-bond acceptors (Lipinski definition) is 5. The summed E-state index contributed by atoms with van der Waals surface area (Å²) in [5.41, 5.74) is 4.50. The fourth-order valence-electron chi connectivity index (χ4n) is 3.66. The molecule has 3 heterocycles. The minimum atomic E-state index is -0.147. The van der Waals surface area contributed by atoms with E-state index in [0.29, 0.717) is 23.5 Å². The lowest BCUT2D eigenvalue weighted by Crippen LogP contribution is -2.23. The third-order valence-corrected chi connectivity index (χ3v) is 5.11. The lowest BCUT2D eigenvalue weighted by Gasteiger charge is -2.27. The van der Waals surface area contributed by atoms with Crippen LogP contribution >= 0.6 is 0 Å². The number of nitrogens with one attached hydrogen (secondary N) is 1. The molecule has 0 spiro atoms. The number of carbonyl (C=O) groups excluding carboxylic acids is 1. The Morgan fingerprint density at radius 1 is 1.39 bits per heavy atom. The van der Waals surface area contributed by atoms with E-state index in [4.69, 9.17) is 4.74 Å². The number of pyridine rings is 1. The Kier molecular flexibility index (Phi) is 4.68. The number of aromatic nitrogens is 2. The Labute approximate surface area is 163 Å². The van der Waals surface area contributed by atoms with Crippen LogP contribution in [0.1, 0.15) is 39.8 Å². The fourth-order valence-corrected chi connectivity index (χ4v) is 3.66. The molecule has 3 aromatic rings. The summed E-state index contributed by atoms with van der Waals surface area (Å²) in [5.74, 6) is 0.769. The van der Waals surface area contributed by atoms with Crippen LogP contribution in [0.2, 0.25) is 0 Å². The van der Waals surface area contributed by atoms with E-state index < -0.39 is 0 Å².